The highest BCUT2D eigenvalue weighted by molar-refractivity contribution is 5.95. The van der Waals surface area contributed by atoms with Crippen LogP contribution in [0.25, 0.3) is 0 Å². The molecule has 2 heterocycles. The number of amides is 4. The Bertz CT molecular complexity index is 1680. The molecule has 2 unspecified atom stereocenters. The van der Waals surface area contributed by atoms with E-state index in [2.05, 4.69) is 31.4 Å². The Morgan fingerprint density at radius 2 is 1.65 bits per heavy atom. The predicted molar refractivity (Wildman–Crippen MR) is 206 cm³/mol. The highest BCUT2D eigenvalue weighted by atomic mass is 16.3. The summed E-state index contributed by atoms with van der Waals surface area (Å²) in [5.41, 5.74) is -0.271. The molecule has 5 rings (SSSR count). The molecule has 1 saturated heterocycles. The maximum atomic E-state index is 14.7. The first-order valence-electron chi connectivity index (χ1n) is 20.2. The summed E-state index contributed by atoms with van der Waals surface area (Å²) in [6.45, 7) is 15.7. The fourth-order valence-corrected chi connectivity index (χ4v) is 8.24. The van der Waals surface area contributed by atoms with Crippen LogP contribution >= 0.6 is 0 Å². The normalized spacial score (nSPS) is 22.1. The number of tetrazole rings is 1. The number of nitrogens with zero attached hydrogens (tertiary/aromatic N) is 5. The van der Waals surface area contributed by atoms with Gasteiger partial charge in [-0.3, -0.25) is 24.0 Å². The molecular weight excluding hydrogens is 701 g/mol. The molecule has 4 amide bonds. The maximum absolute atomic E-state index is 14.7. The van der Waals surface area contributed by atoms with Gasteiger partial charge in [-0.15, -0.1) is 10.2 Å². The highest BCUT2D eigenvalue weighted by Crippen LogP contribution is 2.44. The Morgan fingerprint density at radius 3 is 2.27 bits per heavy atom. The van der Waals surface area contributed by atoms with Gasteiger partial charge in [0.05, 0.1) is 18.5 Å². The summed E-state index contributed by atoms with van der Waals surface area (Å²) in [6.07, 6.45) is 3.76. The number of likely N-dealkylation sites (tertiary alicyclic amines) is 1. The van der Waals surface area contributed by atoms with E-state index in [-0.39, 0.29) is 60.1 Å². The smallest absolute Gasteiger partial charge is 0.251 e. The number of nitrogens with one attached hydrogen (secondary N) is 3. The minimum Gasteiger partial charge on any atom is -0.381 e. The van der Waals surface area contributed by atoms with Gasteiger partial charge >= 0.3 is 0 Å². The van der Waals surface area contributed by atoms with Crippen LogP contribution in [0, 0.1) is 29.1 Å². The number of rotatable bonds is 17. The van der Waals surface area contributed by atoms with E-state index in [9.17, 15) is 29.1 Å². The van der Waals surface area contributed by atoms with Crippen LogP contribution in [0.5, 0.6) is 0 Å². The monoisotopic (exact) mass is 762 g/mol. The molecule has 0 radical (unpaired) electrons. The van der Waals surface area contributed by atoms with E-state index in [4.69, 9.17) is 0 Å². The van der Waals surface area contributed by atoms with Gasteiger partial charge in [-0.1, -0.05) is 84.7 Å². The zero-order chi connectivity index (χ0) is 40.2. The van der Waals surface area contributed by atoms with Crippen molar-refractivity contribution in [3.8, 4) is 0 Å². The van der Waals surface area contributed by atoms with Crippen molar-refractivity contribution in [2.45, 2.75) is 149 Å². The second-order valence-electron chi connectivity index (χ2n) is 17.9. The average Bonchev–Trinajstić information content (AvgIpc) is 3.45. The fraction of sp³-hybridized carbons (Fsp3) is 0.707. The summed E-state index contributed by atoms with van der Waals surface area (Å²) in [4.78, 5) is 72.2. The summed E-state index contributed by atoms with van der Waals surface area (Å²) in [5.74, 6) is -2.55. The minimum absolute atomic E-state index is 0.0486. The van der Waals surface area contributed by atoms with Crippen molar-refractivity contribution in [2.24, 2.45) is 29.1 Å². The Hall–Kier alpha value is -4.20. The summed E-state index contributed by atoms with van der Waals surface area (Å²) in [5, 5.41) is 32.5. The highest BCUT2D eigenvalue weighted by Gasteiger charge is 2.52. The molecule has 2 aliphatic carbocycles. The second kappa shape index (κ2) is 17.3. The van der Waals surface area contributed by atoms with Crippen LogP contribution < -0.4 is 16.0 Å². The summed E-state index contributed by atoms with van der Waals surface area (Å²) >= 11 is 0. The van der Waals surface area contributed by atoms with Gasteiger partial charge in [0.2, 0.25) is 17.7 Å². The number of Topliss-reactive ketones (excluding diaryl/α,β-unsaturated/α-hetero) is 1. The third kappa shape index (κ3) is 9.98. The molecule has 55 heavy (non-hydrogen) atoms. The molecule has 3 aliphatic rings. The number of benzene rings is 1. The van der Waals surface area contributed by atoms with Gasteiger partial charge in [0, 0.05) is 24.9 Å². The largest absolute Gasteiger partial charge is 0.381 e. The van der Waals surface area contributed by atoms with Gasteiger partial charge in [-0.2, -0.15) is 4.80 Å². The molecule has 1 aromatic heterocycles. The molecule has 0 spiro atoms. The lowest BCUT2D eigenvalue weighted by Gasteiger charge is -2.37. The molecule has 3 fully saturated rings. The van der Waals surface area contributed by atoms with E-state index < -0.39 is 52.9 Å². The fourth-order valence-electron chi connectivity index (χ4n) is 8.24. The van der Waals surface area contributed by atoms with Crippen molar-refractivity contribution in [1.29, 1.82) is 0 Å². The van der Waals surface area contributed by atoms with Crippen molar-refractivity contribution in [1.82, 2.24) is 41.1 Å². The number of hydrogen-bond donors (Lipinski definition) is 4. The van der Waals surface area contributed by atoms with E-state index in [0.717, 1.165) is 37.7 Å². The van der Waals surface area contributed by atoms with Gasteiger partial charge < -0.3 is 26.0 Å². The molecule has 0 bridgehead atoms. The van der Waals surface area contributed by atoms with Gasteiger partial charge in [-0.05, 0) is 79.9 Å². The van der Waals surface area contributed by atoms with Crippen LogP contribution in [0.4, 0.5) is 0 Å². The lowest BCUT2D eigenvalue weighted by Crippen LogP contribution is -2.57. The third-order valence-electron chi connectivity index (χ3n) is 11.8. The van der Waals surface area contributed by atoms with Gasteiger partial charge in [0.15, 0.2) is 17.7 Å². The number of aliphatic hydroxyl groups excluding tert-OH is 1. The molecule has 1 aromatic carbocycles. The molecule has 2 aromatic rings. The van der Waals surface area contributed by atoms with Gasteiger partial charge in [-0.25, -0.2) is 0 Å². The molecule has 1 aliphatic heterocycles. The zero-order valence-corrected chi connectivity index (χ0v) is 33.9. The summed E-state index contributed by atoms with van der Waals surface area (Å²) in [6, 6.07) is 7.39. The van der Waals surface area contributed by atoms with E-state index in [1.165, 1.54) is 4.80 Å². The number of carbonyl (C=O) groups excluding carboxylic acids is 5. The average molecular weight is 763 g/mol. The van der Waals surface area contributed by atoms with Crippen LogP contribution in [0.1, 0.15) is 118 Å². The molecule has 4 N–H and O–H groups in total. The van der Waals surface area contributed by atoms with E-state index in [0.29, 0.717) is 19.4 Å². The van der Waals surface area contributed by atoms with Crippen LogP contribution in [-0.2, 0) is 35.9 Å². The Kier molecular flexibility index (Phi) is 13.2. The molecule has 7 atom stereocenters. The van der Waals surface area contributed by atoms with Crippen molar-refractivity contribution in [3.05, 3.63) is 41.7 Å². The van der Waals surface area contributed by atoms with Crippen LogP contribution in [0.15, 0.2) is 30.3 Å². The van der Waals surface area contributed by atoms with Crippen LogP contribution in [0.3, 0.4) is 0 Å². The van der Waals surface area contributed by atoms with E-state index in [1.54, 1.807) is 4.90 Å². The lowest BCUT2D eigenvalue weighted by atomic mass is 9.75. The van der Waals surface area contributed by atoms with Crippen molar-refractivity contribution < 1.29 is 29.1 Å². The number of hydrogen-bond acceptors (Lipinski definition) is 9. The van der Waals surface area contributed by atoms with E-state index in [1.807, 2.05) is 85.7 Å². The number of aliphatic hydroxyl groups is 1. The minimum atomic E-state index is -1.40. The zero-order valence-electron chi connectivity index (χ0n) is 33.9. The quantitative estimate of drug-likeness (QED) is 0.188. The predicted octanol–water partition coefficient (Wildman–Crippen LogP) is 3.31. The van der Waals surface area contributed by atoms with Crippen molar-refractivity contribution in [3.63, 3.8) is 0 Å². The number of aromatic nitrogens is 4. The Morgan fingerprint density at radius 1 is 0.964 bits per heavy atom. The van der Waals surface area contributed by atoms with Gasteiger partial charge in [0.1, 0.15) is 11.6 Å². The van der Waals surface area contributed by atoms with Crippen molar-refractivity contribution in [2.75, 3.05) is 6.54 Å². The van der Waals surface area contributed by atoms with Crippen LogP contribution in [-0.4, -0.2) is 96.4 Å². The second-order valence-corrected chi connectivity index (χ2v) is 17.9. The summed E-state index contributed by atoms with van der Waals surface area (Å²) < 4.78 is 0. The lowest BCUT2D eigenvalue weighted by molar-refractivity contribution is -0.148. The molecule has 302 valence electrons. The standard InChI is InChI=1S/C41H62N8O6/c1-9-14-30(36(52)38(54)42-27-19-20-27)43-37(53)35-28-18-13-15-25(28)23-48(35)39(55)29(40(4,5)6)21-31(50)34(24(2)3)44-33(51)22-32-45-47-49(46-32)41(7,8)26-16-11-10-12-17-26/h10-12,16-17,24-25,27-30,34-36,52H,9,13-15,18-23H2,1-8H3,(H,42,54)(H,43,53)(H,44,51)/t25-,28-,29-,30?,34-,35-,36?/m0/s1. The topological polar surface area (TPSA) is 189 Å². The van der Waals surface area contributed by atoms with Crippen LogP contribution in [0.2, 0.25) is 0 Å². The van der Waals surface area contributed by atoms with Gasteiger partial charge in [0.25, 0.3) is 5.91 Å². The number of ketones is 1. The molecule has 14 nitrogen and oxygen atoms in total. The Balaban J connectivity index is 1.28. The first-order valence-corrected chi connectivity index (χ1v) is 20.2. The third-order valence-corrected chi connectivity index (χ3v) is 11.8. The number of fused-ring (bicyclic) bond motifs is 1. The first kappa shape index (κ1) is 42.0. The molecular formula is C41H62N8O6. The SMILES string of the molecule is CCCC(NC(=O)[C@@H]1[C@H]2CCC[C@H]2CN1C(=O)[C@H](CC(=O)[C@@H](NC(=O)Cc1nnn(C(C)(C)c2ccccc2)n1)C(C)C)C(C)(C)C)C(O)C(=O)NC1CC1. The molecule has 2 saturated carbocycles. The Labute approximate surface area is 325 Å². The summed E-state index contributed by atoms with van der Waals surface area (Å²) in [7, 11) is 0. The maximum Gasteiger partial charge on any atom is 0.251 e. The van der Waals surface area contributed by atoms with Crippen molar-refractivity contribution >= 4 is 29.4 Å². The number of carbonyl (C=O) groups is 5. The van der Waals surface area contributed by atoms with E-state index >= 15 is 0 Å². The molecule has 14 heteroatoms. The first-order chi connectivity index (χ1) is 25.9.